The highest BCUT2D eigenvalue weighted by molar-refractivity contribution is 5.80. The van der Waals surface area contributed by atoms with Crippen molar-refractivity contribution in [3.8, 4) is 0 Å². The minimum Gasteiger partial charge on any atom is -0.370 e. The Morgan fingerprint density at radius 3 is 2.56 bits per heavy atom. The lowest BCUT2D eigenvalue weighted by Gasteiger charge is -2.20. The van der Waals surface area contributed by atoms with Gasteiger partial charge in [-0.1, -0.05) is 0 Å². The molecule has 6 heteroatoms. The third kappa shape index (κ3) is 3.87. The topological polar surface area (TPSA) is 61.4 Å². The first-order valence-corrected chi connectivity index (χ1v) is 5.95. The minimum atomic E-state index is 0.0405. The Balaban J connectivity index is 2.84. The second kappa shape index (κ2) is 6.18. The number of amides is 1. The fraction of sp³-hybridized carbons (Fsp3) is 0.583. The van der Waals surface area contributed by atoms with Gasteiger partial charge in [0.05, 0.1) is 6.54 Å². The van der Waals surface area contributed by atoms with Crippen LogP contribution in [0.4, 0.5) is 11.6 Å². The van der Waals surface area contributed by atoms with E-state index < -0.39 is 0 Å². The van der Waals surface area contributed by atoms with Crippen molar-refractivity contribution >= 4 is 17.5 Å². The number of aryl methyl sites for hydroxylation is 1. The number of hydrogen-bond acceptors (Lipinski definition) is 5. The molecule has 1 heterocycles. The Morgan fingerprint density at radius 1 is 1.33 bits per heavy atom. The van der Waals surface area contributed by atoms with Gasteiger partial charge in [-0.25, -0.2) is 9.97 Å². The van der Waals surface area contributed by atoms with Crippen LogP contribution in [0.5, 0.6) is 0 Å². The van der Waals surface area contributed by atoms with E-state index in [2.05, 4.69) is 15.3 Å². The molecule has 1 aromatic heterocycles. The van der Waals surface area contributed by atoms with Crippen molar-refractivity contribution in [2.24, 2.45) is 0 Å². The third-order valence-electron chi connectivity index (χ3n) is 2.44. The zero-order valence-electron chi connectivity index (χ0n) is 11.7. The molecule has 0 saturated heterocycles. The molecular weight excluding hydrogens is 230 g/mol. The average Bonchev–Trinajstić information content (AvgIpc) is 2.28. The summed E-state index contributed by atoms with van der Waals surface area (Å²) in [6, 6.07) is 1.85. The van der Waals surface area contributed by atoms with Crippen molar-refractivity contribution in [2.75, 3.05) is 44.4 Å². The van der Waals surface area contributed by atoms with E-state index in [0.29, 0.717) is 12.4 Å². The van der Waals surface area contributed by atoms with Crippen LogP contribution in [0.3, 0.4) is 0 Å². The Bertz CT molecular complexity index is 419. The lowest BCUT2D eigenvalue weighted by atomic mass is 10.4. The van der Waals surface area contributed by atoms with Gasteiger partial charge in [-0.2, -0.15) is 0 Å². The number of nitrogens with zero attached hydrogens (tertiary/aromatic N) is 4. The van der Waals surface area contributed by atoms with Gasteiger partial charge in [0.25, 0.3) is 0 Å². The fourth-order valence-electron chi connectivity index (χ4n) is 1.44. The highest BCUT2D eigenvalue weighted by Gasteiger charge is 2.11. The van der Waals surface area contributed by atoms with E-state index in [9.17, 15) is 4.79 Å². The zero-order valence-corrected chi connectivity index (χ0v) is 11.7. The number of aromatic nitrogens is 2. The van der Waals surface area contributed by atoms with E-state index >= 15 is 0 Å². The molecule has 0 unspecified atom stereocenters. The predicted molar refractivity (Wildman–Crippen MR) is 72.9 cm³/mol. The molecule has 0 radical (unpaired) electrons. The second-order valence-corrected chi connectivity index (χ2v) is 4.33. The normalized spacial score (nSPS) is 10.1. The molecule has 1 rings (SSSR count). The molecular formula is C12H21N5O. The maximum atomic E-state index is 11.6. The van der Waals surface area contributed by atoms with Gasteiger partial charge in [-0.05, 0) is 13.8 Å². The number of hydrogen-bond donors (Lipinski definition) is 1. The largest absolute Gasteiger partial charge is 0.370 e. The Kier molecular flexibility index (Phi) is 4.88. The molecule has 1 N–H and O–H groups in total. The highest BCUT2D eigenvalue weighted by atomic mass is 16.2. The van der Waals surface area contributed by atoms with Gasteiger partial charge in [-0.3, -0.25) is 4.79 Å². The summed E-state index contributed by atoms with van der Waals surface area (Å²) in [5, 5.41) is 3.15. The van der Waals surface area contributed by atoms with Crippen LogP contribution in [0.1, 0.15) is 12.7 Å². The lowest BCUT2D eigenvalue weighted by molar-refractivity contribution is -0.127. The van der Waals surface area contributed by atoms with E-state index in [0.717, 1.165) is 18.2 Å². The van der Waals surface area contributed by atoms with Crippen molar-refractivity contribution in [2.45, 2.75) is 13.8 Å². The molecule has 100 valence electrons. The van der Waals surface area contributed by atoms with Crippen LogP contribution in [0.25, 0.3) is 0 Å². The molecule has 6 nitrogen and oxygen atoms in total. The molecule has 0 bridgehead atoms. The standard InChI is InChI=1S/C12H21N5O/c1-6-13-10-7-11(15-9(2)14-10)17(5)8-12(18)16(3)4/h7H,6,8H2,1-5H3,(H,13,14,15). The summed E-state index contributed by atoms with van der Waals surface area (Å²) in [6.07, 6.45) is 0. The number of carbonyl (C=O) groups excluding carboxylic acids is 1. The molecule has 0 saturated carbocycles. The van der Waals surface area contributed by atoms with E-state index in [1.807, 2.05) is 31.9 Å². The summed E-state index contributed by atoms with van der Waals surface area (Å²) in [7, 11) is 5.33. The molecule has 0 atom stereocenters. The molecule has 0 fully saturated rings. The fourth-order valence-corrected chi connectivity index (χ4v) is 1.44. The van der Waals surface area contributed by atoms with Gasteiger partial charge >= 0.3 is 0 Å². The van der Waals surface area contributed by atoms with Gasteiger partial charge in [0.1, 0.15) is 17.5 Å². The van der Waals surface area contributed by atoms with E-state index in [-0.39, 0.29) is 5.91 Å². The van der Waals surface area contributed by atoms with Crippen molar-refractivity contribution in [3.63, 3.8) is 0 Å². The smallest absolute Gasteiger partial charge is 0.241 e. The maximum Gasteiger partial charge on any atom is 0.241 e. The SMILES string of the molecule is CCNc1cc(N(C)CC(=O)N(C)C)nc(C)n1. The Labute approximate surface area is 108 Å². The predicted octanol–water partition coefficient (Wildman–Crippen LogP) is 0.741. The first-order chi connectivity index (χ1) is 8.43. The van der Waals surface area contributed by atoms with Crippen molar-refractivity contribution < 1.29 is 4.79 Å². The van der Waals surface area contributed by atoms with Crippen LogP contribution in [-0.2, 0) is 4.79 Å². The minimum absolute atomic E-state index is 0.0405. The monoisotopic (exact) mass is 251 g/mol. The summed E-state index contributed by atoms with van der Waals surface area (Å²) in [4.78, 5) is 23.6. The molecule has 0 spiro atoms. The number of anilines is 2. The highest BCUT2D eigenvalue weighted by Crippen LogP contribution is 2.14. The van der Waals surface area contributed by atoms with E-state index in [1.54, 1.807) is 19.0 Å². The van der Waals surface area contributed by atoms with Gasteiger partial charge in [0.15, 0.2) is 0 Å². The van der Waals surface area contributed by atoms with E-state index in [1.165, 1.54) is 0 Å². The lowest BCUT2D eigenvalue weighted by Crippen LogP contribution is -2.34. The van der Waals surface area contributed by atoms with Crippen LogP contribution in [0.2, 0.25) is 0 Å². The molecule has 0 aliphatic heterocycles. The van der Waals surface area contributed by atoms with Gasteiger partial charge in [-0.15, -0.1) is 0 Å². The molecule has 1 amide bonds. The quantitative estimate of drug-likeness (QED) is 0.836. The summed E-state index contributed by atoms with van der Waals surface area (Å²) in [6.45, 7) is 4.95. The molecule has 18 heavy (non-hydrogen) atoms. The van der Waals surface area contributed by atoms with Crippen LogP contribution in [-0.4, -0.2) is 55.0 Å². The first-order valence-electron chi connectivity index (χ1n) is 5.95. The molecule has 0 aliphatic carbocycles. The van der Waals surface area contributed by atoms with Crippen LogP contribution >= 0.6 is 0 Å². The zero-order chi connectivity index (χ0) is 13.7. The maximum absolute atomic E-state index is 11.6. The average molecular weight is 251 g/mol. The van der Waals surface area contributed by atoms with Gasteiger partial charge in [0.2, 0.25) is 5.91 Å². The summed E-state index contributed by atoms with van der Waals surface area (Å²) in [5.41, 5.74) is 0. The number of carbonyl (C=O) groups is 1. The molecule has 0 aliphatic rings. The molecule has 1 aromatic rings. The third-order valence-corrected chi connectivity index (χ3v) is 2.44. The molecule has 0 aromatic carbocycles. The number of rotatable bonds is 5. The summed E-state index contributed by atoms with van der Waals surface area (Å²) in [5.74, 6) is 2.25. The second-order valence-electron chi connectivity index (χ2n) is 4.33. The Hall–Kier alpha value is -1.85. The van der Waals surface area contributed by atoms with Gasteiger partial charge in [0, 0.05) is 33.8 Å². The summed E-state index contributed by atoms with van der Waals surface area (Å²) < 4.78 is 0. The van der Waals surface area contributed by atoms with E-state index in [4.69, 9.17) is 0 Å². The number of likely N-dealkylation sites (N-methyl/N-ethyl adjacent to an activating group) is 2. The van der Waals surface area contributed by atoms with Crippen LogP contribution in [0.15, 0.2) is 6.07 Å². The van der Waals surface area contributed by atoms with Crippen LogP contribution in [0, 0.1) is 6.92 Å². The first kappa shape index (κ1) is 14.2. The van der Waals surface area contributed by atoms with Crippen molar-refractivity contribution in [1.82, 2.24) is 14.9 Å². The number of nitrogens with one attached hydrogen (secondary N) is 1. The Morgan fingerprint density at radius 2 is 2.00 bits per heavy atom. The summed E-state index contributed by atoms with van der Waals surface area (Å²) >= 11 is 0. The van der Waals surface area contributed by atoms with Crippen molar-refractivity contribution in [3.05, 3.63) is 11.9 Å². The van der Waals surface area contributed by atoms with Crippen molar-refractivity contribution in [1.29, 1.82) is 0 Å². The van der Waals surface area contributed by atoms with Crippen LogP contribution < -0.4 is 10.2 Å². The van der Waals surface area contributed by atoms with Gasteiger partial charge < -0.3 is 15.1 Å².